The summed E-state index contributed by atoms with van der Waals surface area (Å²) in [5.41, 5.74) is 3.71. The Morgan fingerprint density at radius 3 is 2.35 bits per heavy atom. The second-order valence-corrected chi connectivity index (χ2v) is 7.09. The minimum Gasteiger partial charge on any atom is -0.336 e. The Bertz CT molecular complexity index is 851. The SMILES string of the molecule is CCCCN1CCN(C(=O)c2cccc3c2-c2ccccc2C3=O)CC1. The summed E-state index contributed by atoms with van der Waals surface area (Å²) in [7, 11) is 0. The van der Waals surface area contributed by atoms with Crippen molar-refractivity contribution < 1.29 is 9.59 Å². The van der Waals surface area contributed by atoms with Crippen molar-refractivity contribution >= 4 is 11.7 Å². The van der Waals surface area contributed by atoms with E-state index in [1.165, 1.54) is 12.8 Å². The zero-order valence-corrected chi connectivity index (χ0v) is 15.2. The number of benzene rings is 2. The number of rotatable bonds is 4. The molecule has 0 saturated carbocycles. The van der Waals surface area contributed by atoms with Gasteiger partial charge >= 0.3 is 0 Å². The van der Waals surface area contributed by atoms with E-state index in [0.717, 1.165) is 43.9 Å². The Kier molecular flexibility index (Phi) is 4.60. The number of carbonyl (C=O) groups is 2. The standard InChI is InChI=1S/C22H24N2O2/c1-2-3-11-23-12-14-24(15-13-23)22(26)19-10-6-9-18-20(19)16-7-4-5-8-17(16)21(18)25/h4-10H,2-3,11-15H2,1H3. The molecule has 0 bridgehead atoms. The number of hydrogen-bond acceptors (Lipinski definition) is 3. The van der Waals surface area contributed by atoms with Gasteiger partial charge in [0, 0.05) is 48.4 Å². The Hall–Kier alpha value is -2.46. The number of amides is 1. The molecule has 26 heavy (non-hydrogen) atoms. The van der Waals surface area contributed by atoms with Gasteiger partial charge in [0.25, 0.3) is 5.91 Å². The van der Waals surface area contributed by atoms with Crippen molar-refractivity contribution in [3.05, 3.63) is 59.2 Å². The summed E-state index contributed by atoms with van der Waals surface area (Å²) in [6, 6.07) is 13.1. The molecule has 4 nitrogen and oxygen atoms in total. The highest BCUT2D eigenvalue weighted by Gasteiger charge is 2.32. The van der Waals surface area contributed by atoms with Gasteiger partial charge in [-0.15, -0.1) is 0 Å². The fraction of sp³-hybridized carbons (Fsp3) is 0.364. The van der Waals surface area contributed by atoms with E-state index in [4.69, 9.17) is 0 Å². The molecule has 2 aliphatic rings. The van der Waals surface area contributed by atoms with Crippen molar-refractivity contribution in [1.29, 1.82) is 0 Å². The van der Waals surface area contributed by atoms with Crippen molar-refractivity contribution in [1.82, 2.24) is 9.80 Å². The smallest absolute Gasteiger partial charge is 0.254 e. The van der Waals surface area contributed by atoms with Crippen LogP contribution < -0.4 is 0 Å². The predicted octanol–water partition coefficient (Wildman–Crippen LogP) is 3.46. The molecule has 1 saturated heterocycles. The average molecular weight is 348 g/mol. The molecule has 1 aliphatic heterocycles. The van der Waals surface area contributed by atoms with Crippen molar-refractivity contribution in [3.63, 3.8) is 0 Å². The lowest BCUT2D eigenvalue weighted by Gasteiger charge is -2.35. The molecule has 1 amide bonds. The summed E-state index contributed by atoms with van der Waals surface area (Å²) in [6.45, 7) is 6.67. The van der Waals surface area contributed by atoms with Crippen LogP contribution >= 0.6 is 0 Å². The Labute approximate surface area is 154 Å². The average Bonchev–Trinajstić information content (AvgIpc) is 2.99. The first-order chi connectivity index (χ1) is 12.7. The molecule has 1 fully saturated rings. The number of hydrogen-bond donors (Lipinski definition) is 0. The van der Waals surface area contributed by atoms with Gasteiger partial charge in [-0.1, -0.05) is 49.7 Å². The molecule has 0 atom stereocenters. The van der Waals surface area contributed by atoms with Gasteiger partial charge < -0.3 is 4.90 Å². The monoisotopic (exact) mass is 348 g/mol. The zero-order chi connectivity index (χ0) is 18.1. The molecule has 1 heterocycles. The van der Waals surface area contributed by atoms with Gasteiger partial charge in [-0.3, -0.25) is 14.5 Å². The summed E-state index contributed by atoms with van der Waals surface area (Å²) in [5.74, 6) is 0.0659. The van der Waals surface area contributed by atoms with Crippen LogP contribution in [0.15, 0.2) is 42.5 Å². The maximum Gasteiger partial charge on any atom is 0.254 e. The third-order valence-corrected chi connectivity index (χ3v) is 5.47. The van der Waals surface area contributed by atoms with Gasteiger partial charge in [0.1, 0.15) is 0 Å². The van der Waals surface area contributed by atoms with E-state index in [-0.39, 0.29) is 11.7 Å². The van der Waals surface area contributed by atoms with Crippen LogP contribution in [0.5, 0.6) is 0 Å². The number of carbonyl (C=O) groups excluding carboxylic acids is 2. The highest BCUT2D eigenvalue weighted by atomic mass is 16.2. The highest BCUT2D eigenvalue weighted by molar-refractivity contribution is 6.24. The fourth-order valence-electron chi connectivity index (χ4n) is 3.98. The number of nitrogens with zero attached hydrogens (tertiary/aromatic N) is 2. The van der Waals surface area contributed by atoms with Crippen molar-refractivity contribution in [2.24, 2.45) is 0 Å². The molecule has 134 valence electrons. The molecule has 4 rings (SSSR count). The van der Waals surface area contributed by atoms with Crippen LogP contribution in [-0.4, -0.2) is 54.2 Å². The van der Waals surface area contributed by atoms with Gasteiger partial charge in [-0.25, -0.2) is 0 Å². The van der Waals surface area contributed by atoms with E-state index >= 15 is 0 Å². The lowest BCUT2D eigenvalue weighted by atomic mass is 9.98. The van der Waals surface area contributed by atoms with Gasteiger partial charge in [0.05, 0.1) is 0 Å². The zero-order valence-electron chi connectivity index (χ0n) is 15.2. The topological polar surface area (TPSA) is 40.6 Å². The molecular formula is C22H24N2O2. The number of piperazine rings is 1. The first-order valence-electron chi connectivity index (χ1n) is 9.49. The minimum atomic E-state index is 0.0228. The van der Waals surface area contributed by atoms with Gasteiger partial charge in [-0.05, 0) is 24.6 Å². The number of ketones is 1. The summed E-state index contributed by atoms with van der Waals surface area (Å²) < 4.78 is 0. The van der Waals surface area contributed by atoms with Crippen LogP contribution in [0.25, 0.3) is 11.1 Å². The van der Waals surface area contributed by atoms with Gasteiger partial charge in [-0.2, -0.15) is 0 Å². The van der Waals surface area contributed by atoms with Crippen LogP contribution in [0.1, 0.15) is 46.0 Å². The van der Waals surface area contributed by atoms with Gasteiger partial charge in [0.15, 0.2) is 5.78 Å². The lowest BCUT2D eigenvalue weighted by molar-refractivity contribution is 0.0636. The van der Waals surface area contributed by atoms with E-state index in [0.29, 0.717) is 16.7 Å². The Morgan fingerprint density at radius 2 is 1.62 bits per heavy atom. The van der Waals surface area contributed by atoms with E-state index in [1.807, 2.05) is 47.4 Å². The Balaban J connectivity index is 1.59. The van der Waals surface area contributed by atoms with Crippen molar-refractivity contribution in [2.75, 3.05) is 32.7 Å². The van der Waals surface area contributed by atoms with Crippen LogP contribution in [0.3, 0.4) is 0 Å². The van der Waals surface area contributed by atoms with Crippen LogP contribution in [-0.2, 0) is 0 Å². The largest absolute Gasteiger partial charge is 0.336 e. The lowest BCUT2D eigenvalue weighted by Crippen LogP contribution is -2.48. The molecule has 2 aromatic carbocycles. The summed E-state index contributed by atoms with van der Waals surface area (Å²) in [4.78, 5) is 30.2. The van der Waals surface area contributed by atoms with E-state index in [9.17, 15) is 9.59 Å². The first kappa shape index (κ1) is 17.0. The molecule has 0 N–H and O–H groups in total. The number of fused-ring (bicyclic) bond motifs is 3. The van der Waals surface area contributed by atoms with Gasteiger partial charge in [0.2, 0.25) is 0 Å². The first-order valence-corrected chi connectivity index (χ1v) is 9.49. The van der Waals surface area contributed by atoms with Crippen LogP contribution in [0.4, 0.5) is 0 Å². The molecular weight excluding hydrogens is 324 g/mol. The molecule has 2 aromatic rings. The summed E-state index contributed by atoms with van der Waals surface area (Å²) in [6.07, 6.45) is 2.40. The molecule has 0 radical (unpaired) electrons. The van der Waals surface area contributed by atoms with Crippen LogP contribution in [0.2, 0.25) is 0 Å². The highest BCUT2D eigenvalue weighted by Crippen LogP contribution is 2.39. The molecule has 1 aliphatic carbocycles. The van der Waals surface area contributed by atoms with E-state index in [2.05, 4.69) is 11.8 Å². The fourth-order valence-corrected chi connectivity index (χ4v) is 3.98. The summed E-state index contributed by atoms with van der Waals surface area (Å²) >= 11 is 0. The third kappa shape index (κ3) is 2.84. The molecule has 0 spiro atoms. The molecule has 4 heteroatoms. The maximum atomic E-state index is 13.2. The predicted molar refractivity (Wildman–Crippen MR) is 103 cm³/mol. The molecule has 0 aromatic heterocycles. The van der Waals surface area contributed by atoms with Crippen molar-refractivity contribution in [3.8, 4) is 11.1 Å². The van der Waals surface area contributed by atoms with Crippen LogP contribution in [0, 0.1) is 0 Å². The normalized spacial score (nSPS) is 16.5. The van der Waals surface area contributed by atoms with E-state index in [1.54, 1.807) is 0 Å². The minimum absolute atomic E-state index is 0.0228. The second-order valence-electron chi connectivity index (χ2n) is 7.09. The molecule has 0 unspecified atom stereocenters. The second kappa shape index (κ2) is 7.04. The quantitative estimate of drug-likeness (QED) is 0.725. The maximum absolute atomic E-state index is 13.2. The summed E-state index contributed by atoms with van der Waals surface area (Å²) in [5, 5.41) is 0. The Morgan fingerprint density at radius 1 is 0.923 bits per heavy atom. The van der Waals surface area contributed by atoms with Crippen molar-refractivity contribution in [2.45, 2.75) is 19.8 Å². The number of unbranched alkanes of at least 4 members (excludes halogenated alkanes) is 1. The van der Waals surface area contributed by atoms with E-state index < -0.39 is 0 Å². The third-order valence-electron chi connectivity index (χ3n) is 5.47.